The predicted octanol–water partition coefficient (Wildman–Crippen LogP) is 3.32. The number of ether oxygens (including phenoxy) is 1. The van der Waals surface area contributed by atoms with Crippen LogP contribution in [0, 0.1) is 0 Å². The number of benzene rings is 1. The van der Waals surface area contributed by atoms with Crippen LogP contribution in [0.25, 0.3) is 0 Å². The Balaban J connectivity index is 2.17. The number of aryl methyl sites for hydroxylation is 1. The molecule has 3 heteroatoms. The Bertz CT molecular complexity index is 373. The molecule has 0 aliphatic rings. The van der Waals surface area contributed by atoms with Gasteiger partial charge in [0.2, 0.25) is 5.91 Å². The number of hydrogen-bond acceptors (Lipinski definition) is 2. The van der Waals surface area contributed by atoms with Gasteiger partial charge in [-0.1, -0.05) is 26.0 Å². The number of rotatable bonds is 8. The van der Waals surface area contributed by atoms with Crippen molar-refractivity contribution < 1.29 is 9.53 Å². The van der Waals surface area contributed by atoms with E-state index >= 15 is 0 Å². The summed E-state index contributed by atoms with van der Waals surface area (Å²) in [4.78, 5) is 11.5. The van der Waals surface area contributed by atoms with Crippen LogP contribution in [0.1, 0.15) is 45.6 Å². The summed E-state index contributed by atoms with van der Waals surface area (Å²) in [5.41, 5.74) is 1.31. The van der Waals surface area contributed by atoms with Gasteiger partial charge in [0.05, 0.1) is 6.61 Å². The zero-order valence-electron chi connectivity index (χ0n) is 12.2. The van der Waals surface area contributed by atoms with E-state index in [9.17, 15) is 4.79 Å². The summed E-state index contributed by atoms with van der Waals surface area (Å²) in [7, 11) is 0. The number of carbonyl (C=O) groups excluding carboxylic acids is 1. The van der Waals surface area contributed by atoms with E-state index in [2.05, 4.69) is 31.3 Å². The molecule has 0 radical (unpaired) electrons. The molecule has 1 rings (SSSR count). The van der Waals surface area contributed by atoms with Gasteiger partial charge in [-0.2, -0.15) is 0 Å². The van der Waals surface area contributed by atoms with Crippen molar-refractivity contribution in [1.82, 2.24) is 5.32 Å². The maximum Gasteiger partial charge on any atom is 0.220 e. The molecule has 1 atom stereocenters. The lowest BCUT2D eigenvalue weighted by molar-refractivity contribution is -0.121. The highest BCUT2D eigenvalue weighted by Crippen LogP contribution is 2.12. The standard InChI is InChI=1S/C16H25NO2/c1-4-13(3)17-16(18)7-6-12-19-15-10-8-14(5-2)9-11-15/h8-11,13H,4-7,12H2,1-3H3,(H,17,18)/t13-/m1/s1. The summed E-state index contributed by atoms with van der Waals surface area (Å²) >= 11 is 0. The van der Waals surface area contributed by atoms with Crippen LogP contribution in [0.2, 0.25) is 0 Å². The molecule has 106 valence electrons. The van der Waals surface area contributed by atoms with Crippen LogP contribution in [0.3, 0.4) is 0 Å². The molecule has 3 nitrogen and oxygen atoms in total. The summed E-state index contributed by atoms with van der Waals surface area (Å²) in [5, 5.41) is 2.95. The quantitative estimate of drug-likeness (QED) is 0.731. The van der Waals surface area contributed by atoms with Crippen LogP contribution in [0.4, 0.5) is 0 Å². The molecule has 0 aliphatic heterocycles. The lowest BCUT2D eigenvalue weighted by Gasteiger charge is -2.11. The largest absolute Gasteiger partial charge is 0.494 e. The van der Waals surface area contributed by atoms with E-state index in [-0.39, 0.29) is 11.9 Å². The summed E-state index contributed by atoms with van der Waals surface area (Å²) in [6.45, 7) is 6.79. The van der Waals surface area contributed by atoms with E-state index in [4.69, 9.17) is 4.74 Å². The second-order valence-corrected chi connectivity index (χ2v) is 4.83. The van der Waals surface area contributed by atoms with Crippen molar-refractivity contribution in [2.75, 3.05) is 6.61 Å². The first-order valence-corrected chi connectivity index (χ1v) is 7.16. The Hall–Kier alpha value is -1.51. The monoisotopic (exact) mass is 263 g/mol. The van der Waals surface area contributed by atoms with Gasteiger partial charge in [0.25, 0.3) is 0 Å². The smallest absolute Gasteiger partial charge is 0.220 e. The number of carbonyl (C=O) groups is 1. The molecule has 0 bridgehead atoms. The van der Waals surface area contributed by atoms with Crippen LogP contribution in [0.15, 0.2) is 24.3 Å². The van der Waals surface area contributed by atoms with Gasteiger partial charge in [-0.25, -0.2) is 0 Å². The fraction of sp³-hybridized carbons (Fsp3) is 0.562. The lowest BCUT2D eigenvalue weighted by atomic mass is 10.2. The van der Waals surface area contributed by atoms with Gasteiger partial charge in [0, 0.05) is 12.5 Å². The van der Waals surface area contributed by atoms with E-state index in [1.54, 1.807) is 0 Å². The molecular formula is C16H25NO2. The van der Waals surface area contributed by atoms with Crippen LogP contribution >= 0.6 is 0 Å². The second-order valence-electron chi connectivity index (χ2n) is 4.83. The topological polar surface area (TPSA) is 38.3 Å². The summed E-state index contributed by atoms with van der Waals surface area (Å²) in [5.74, 6) is 0.985. The van der Waals surface area contributed by atoms with E-state index in [1.807, 2.05) is 19.1 Å². The average Bonchev–Trinajstić information content (AvgIpc) is 2.44. The summed E-state index contributed by atoms with van der Waals surface area (Å²) in [6, 6.07) is 8.38. The lowest BCUT2D eigenvalue weighted by Crippen LogP contribution is -2.31. The maximum absolute atomic E-state index is 11.5. The van der Waals surface area contributed by atoms with Crippen molar-refractivity contribution in [2.45, 2.75) is 52.5 Å². The predicted molar refractivity (Wildman–Crippen MR) is 78.4 cm³/mol. The Kier molecular flexibility index (Phi) is 7.01. The first-order valence-electron chi connectivity index (χ1n) is 7.16. The molecule has 0 heterocycles. The van der Waals surface area contributed by atoms with Crippen molar-refractivity contribution in [2.24, 2.45) is 0 Å². The molecule has 0 unspecified atom stereocenters. The van der Waals surface area contributed by atoms with Crippen LogP contribution < -0.4 is 10.1 Å². The fourth-order valence-electron chi connectivity index (χ4n) is 1.69. The zero-order valence-corrected chi connectivity index (χ0v) is 12.2. The van der Waals surface area contributed by atoms with Gasteiger partial charge in [0.15, 0.2) is 0 Å². The third kappa shape index (κ3) is 6.27. The van der Waals surface area contributed by atoms with Crippen molar-refractivity contribution in [3.63, 3.8) is 0 Å². The first-order chi connectivity index (χ1) is 9.15. The van der Waals surface area contributed by atoms with E-state index in [0.717, 1.165) is 25.0 Å². The van der Waals surface area contributed by atoms with Crippen LogP contribution in [-0.2, 0) is 11.2 Å². The van der Waals surface area contributed by atoms with Crippen LogP contribution in [0.5, 0.6) is 5.75 Å². The van der Waals surface area contributed by atoms with Gasteiger partial charge in [0.1, 0.15) is 5.75 Å². The van der Waals surface area contributed by atoms with Gasteiger partial charge in [-0.05, 0) is 43.9 Å². The molecule has 1 N–H and O–H groups in total. The summed E-state index contributed by atoms with van der Waals surface area (Å²) in [6.07, 6.45) is 3.28. The van der Waals surface area contributed by atoms with Gasteiger partial charge in [-0.3, -0.25) is 4.79 Å². The van der Waals surface area contributed by atoms with Crippen molar-refractivity contribution >= 4 is 5.91 Å². The Morgan fingerprint density at radius 1 is 1.26 bits per heavy atom. The number of nitrogens with one attached hydrogen (secondary N) is 1. The number of amides is 1. The highest BCUT2D eigenvalue weighted by molar-refractivity contribution is 5.76. The molecule has 0 aromatic heterocycles. The molecular weight excluding hydrogens is 238 g/mol. The molecule has 0 spiro atoms. The van der Waals surface area contributed by atoms with Gasteiger partial charge in [-0.15, -0.1) is 0 Å². The average molecular weight is 263 g/mol. The normalized spacial score (nSPS) is 11.9. The maximum atomic E-state index is 11.5. The van der Waals surface area contributed by atoms with Crippen molar-refractivity contribution in [1.29, 1.82) is 0 Å². The first kappa shape index (κ1) is 15.5. The fourth-order valence-corrected chi connectivity index (χ4v) is 1.69. The Labute approximate surface area is 116 Å². The molecule has 1 aromatic rings. The summed E-state index contributed by atoms with van der Waals surface area (Å²) < 4.78 is 5.61. The highest BCUT2D eigenvalue weighted by atomic mass is 16.5. The highest BCUT2D eigenvalue weighted by Gasteiger charge is 2.05. The Morgan fingerprint density at radius 3 is 2.53 bits per heavy atom. The third-order valence-electron chi connectivity index (χ3n) is 3.17. The van der Waals surface area contributed by atoms with Gasteiger partial charge >= 0.3 is 0 Å². The number of hydrogen-bond donors (Lipinski definition) is 1. The van der Waals surface area contributed by atoms with Crippen molar-refractivity contribution in [3.05, 3.63) is 29.8 Å². The van der Waals surface area contributed by atoms with E-state index < -0.39 is 0 Å². The SMILES string of the molecule is CCc1ccc(OCCCC(=O)N[C@H](C)CC)cc1. The molecule has 0 saturated carbocycles. The molecule has 1 amide bonds. The van der Waals surface area contributed by atoms with Crippen LogP contribution in [-0.4, -0.2) is 18.6 Å². The minimum atomic E-state index is 0.110. The molecule has 1 aromatic carbocycles. The zero-order chi connectivity index (χ0) is 14.1. The van der Waals surface area contributed by atoms with E-state index in [1.165, 1.54) is 5.56 Å². The molecule has 0 saturated heterocycles. The third-order valence-corrected chi connectivity index (χ3v) is 3.17. The minimum absolute atomic E-state index is 0.110. The second kappa shape index (κ2) is 8.57. The van der Waals surface area contributed by atoms with Gasteiger partial charge < -0.3 is 10.1 Å². The molecule has 0 aliphatic carbocycles. The molecule has 19 heavy (non-hydrogen) atoms. The molecule has 0 fully saturated rings. The van der Waals surface area contributed by atoms with E-state index in [0.29, 0.717) is 13.0 Å². The van der Waals surface area contributed by atoms with Crippen molar-refractivity contribution in [3.8, 4) is 5.75 Å². The minimum Gasteiger partial charge on any atom is -0.494 e. The Morgan fingerprint density at radius 2 is 1.95 bits per heavy atom.